The Morgan fingerprint density at radius 3 is 2.67 bits per heavy atom. The Balaban J connectivity index is 2.40. The highest BCUT2D eigenvalue weighted by Crippen LogP contribution is 2.26. The summed E-state index contributed by atoms with van der Waals surface area (Å²) in [5, 5.41) is 1.18. The summed E-state index contributed by atoms with van der Waals surface area (Å²) >= 11 is 0. The van der Waals surface area contributed by atoms with Gasteiger partial charge in [0, 0.05) is 12.5 Å². The van der Waals surface area contributed by atoms with Crippen LogP contribution in [0.1, 0.15) is 18.9 Å². The quantitative estimate of drug-likeness (QED) is 0.694. The van der Waals surface area contributed by atoms with Crippen LogP contribution in [-0.2, 0) is 4.74 Å². The van der Waals surface area contributed by atoms with Crippen LogP contribution in [0.3, 0.4) is 0 Å². The lowest BCUT2D eigenvalue weighted by Crippen LogP contribution is -1.98. The number of oxazole rings is 1. The van der Waals surface area contributed by atoms with E-state index in [1.54, 1.807) is 25.3 Å². The van der Waals surface area contributed by atoms with Gasteiger partial charge in [-0.05, 0) is 13.0 Å². The average Bonchev–Trinajstić information content (AvgIpc) is 2.82. The van der Waals surface area contributed by atoms with Crippen molar-refractivity contribution < 1.29 is 13.6 Å². The van der Waals surface area contributed by atoms with Gasteiger partial charge < -0.3 is 13.6 Å². The molecule has 18 heavy (non-hydrogen) atoms. The van der Waals surface area contributed by atoms with Gasteiger partial charge in [0.1, 0.15) is 6.10 Å². The fourth-order valence-electron chi connectivity index (χ4n) is 1.84. The molecule has 3 rings (SSSR count). The molecule has 0 saturated carbocycles. The molecule has 1 unspecified atom stereocenters. The number of aromatic nitrogens is 1. The number of hydrogen-bond acceptors (Lipinski definition) is 5. The molecule has 0 amide bonds. The lowest BCUT2D eigenvalue weighted by molar-refractivity contribution is 0.0964. The Morgan fingerprint density at radius 1 is 1.22 bits per heavy atom. The van der Waals surface area contributed by atoms with E-state index < -0.39 is 5.63 Å². The van der Waals surface area contributed by atoms with Gasteiger partial charge in [0.05, 0.1) is 5.39 Å². The van der Waals surface area contributed by atoms with Gasteiger partial charge >= 0.3 is 5.63 Å². The van der Waals surface area contributed by atoms with Crippen LogP contribution in [0, 0.1) is 0 Å². The van der Waals surface area contributed by atoms with Crippen molar-refractivity contribution >= 4 is 22.1 Å². The maximum Gasteiger partial charge on any atom is 0.345 e. The highest BCUT2D eigenvalue weighted by atomic mass is 16.5. The van der Waals surface area contributed by atoms with Crippen molar-refractivity contribution in [3.63, 3.8) is 0 Å². The number of methoxy groups -OCH3 is 1. The summed E-state index contributed by atoms with van der Waals surface area (Å²) in [6, 6.07) is 7.12. The summed E-state index contributed by atoms with van der Waals surface area (Å²) in [4.78, 5) is 15.9. The third-order valence-corrected chi connectivity index (χ3v) is 2.89. The Kier molecular flexibility index (Phi) is 2.41. The van der Waals surface area contributed by atoms with E-state index in [2.05, 4.69) is 4.98 Å². The van der Waals surface area contributed by atoms with E-state index in [4.69, 9.17) is 13.6 Å². The minimum Gasteiger partial charge on any atom is -0.434 e. The minimum atomic E-state index is -0.414. The molecule has 2 aromatic heterocycles. The molecule has 5 nitrogen and oxygen atoms in total. The number of nitrogens with zero attached hydrogens (tertiary/aromatic N) is 1. The van der Waals surface area contributed by atoms with Gasteiger partial charge in [-0.25, -0.2) is 4.79 Å². The molecule has 3 aromatic rings. The molecular weight excluding hydrogens is 234 g/mol. The zero-order valence-electron chi connectivity index (χ0n) is 9.97. The van der Waals surface area contributed by atoms with Crippen molar-refractivity contribution in [2.45, 2.75) is 13.0 Å². The molecule has 0 spiro atoms. The molecular formula is C13H11NO4. The summed E-state index contributed by atoms with van der Waals surface area (Å²) in [5.74, 6) is 0.395. The van der Waals surface area contributed by atoms with Crippen LogP contribution in [0.4, 0.5) is 0 Å². The average molecular weight is 245 g/mol. The second kappa shape index (κ2) is 3.96. The molecule has 0 aliphatic heterocycles. The molecule has 2 heterocycles. The number of benzene rings is 1. The molecule has 0 radical (unpaired) electrons. The fourth-order valence-corrected chi connectivity index (χ4v) is 1.84. The molecule has 0 aliphatic rings. The Morgan fingerprint density at radius 2 is 1.94 bits per heavy atom. The summed E-state index contributed by atoms with van der Waals surface area (Å²) in [7, 11) is 1.56. The molecule has 0 N–H and O–H groups in total. The maximum atomic E-state index is 11.8. The van der Waals surface area contributed by atoms with Gasteiger partial charge in [0.2, 0.25) is 5.89 Å². The van der Waals surface area contributed by atoms with Gasteiger partial charge in [-0.1, -0.05) is 18.2 Å². The topological polar surface area (TPSA) is 65.5 Å². The monoisotopic (exact) mass is 245 g/mol. The molecule has 1 aromatic carbocycles. The van der Waals surface area contributed by atoms with Crippen LogP contribution >= 0.6 is 0 Å². The number of ether oxygens (including phenoxy) is 1. The molecule has 0 fully saturated rings. The van der Waals surface area contributed by atoms with E-state index in [-0.39, 0.29) is 11.8 Å². The largest absolute Gasteiger partial charge is 0.434 e. The highest BCUT2D eigenvalue weighted by Gasteiger charge is 2.17. The summed E-state index contributed by atoms with van der Waals surface area (Å²) in [6.07, 6.45) is -0.290. The minimum absolute atomic E-state index is 0.206. The zero-order chi connectivity index (χ0) is 12.7. The van der Waals surface area contributed by atoms with E-state index in [1.165, 1.54) is 0 Å². The molecule has 1 atom stereocenters. The number of rotatable bonds is 2. The van der Waals surface area contributed by atoms with Crippen LogP contribution in [-0.4, -0.2) is 12.1 Å². The van der Waals surface area contributed by atoms with Crippen molar-refractivity contribution in [1.82, 2.24) is 4.98 Å². The molecule has 92 valence electrons. The summed E-state index contributed by atoms with van der Waals surface area (Å²) in [6.45, 7) is 1.81. The fraction of sp³-hybridized carbons (Fsp3) is 0.231. The van der Waals surface area contributed by atoms with Crippen LogP contribution in [0.15, 0.2) is 37.9 Å². The van der Waals surface area contributed by atoms with Crippen molar-refractivity contribution in [2.75, 3.05) is 7.11 Å². The van der Waals surface area contributed by atoms with Crippen molar-refractivity contribution in [3.05, 3.63) is 40.6 Å². The Hall–Kier alpha value is -2.14. The second-order valence-electron chi connectivity index (χ2n) is 4.00. The van der Waals surface area contributed by atoms with Gasteiger partial charge in [-0.3, -0.25) is 0 Å². The van der Waals surface area contributed by atoms with Crippen molar-refractivity contribution in [3.8, 4) is 0 Å². The lowest BCUT2D eigenvalue weighted by Gasteiger charge is -2.01. The summed E-state index contributed by atoms with van der Waals surface area (Å²) in [5.41, 5.74) is 0.268. The van der Waals surface area contributed by atoms with E-state index in [9.17, 15) is 4.79 Å². The zero-order valence-corrected chi connectivity index (χ0v) is 9.97. The first-order valence-corrected chi connectivity index (χ1v) is 5.56. The van der Waals surface area contributed by atoms with E-state index in [0.29, 0.717) is 22.2 Å². The first-order valence-electron chi connectivity index (χ1n) is 5.56. The first kappa shape index (κ1) is 11.0. The van der Waals surface area contributed by atoms with Crippen molar-refractivity contribution in [2.24, 2.45) is 0 Å². The summed E-state index contributed by atoms with van der Waals surface area (Å²) < 4.78 is 15.9. The standard InChI is InChI=1S/C13H11NO4/c1-7(16-2)11-14-12-10(17-11)8-5-3-4-6-9(8)13(15)18-12/h3-7H,1-2H3. The Bertz CT molecular complexity index is 771. The smallest absolute Gasteiger partial charge is 0.345 e. The van der Waals surface area contributed by atoms with Gasteiger partial charge in [0.25, 0.3) is 5.71 Å². The van der Waals surface area contributed by atoms with E-state index >= 15 is 0 Å². The second-order valence-corrected chi connectivity index (χ2v) is 4.00. The van der Waals surface area contributed by atoms with Gasteiger partial charge in [-0.15, -0.1) is 0 Å². The molecule has 0 aliphatic carbocycles. The number of hydrogen-bond donors (Lipinski definition) is 0. The molecule has 5 heteroatoms. The number of fused-ring (bicyclic) bond motifs is 3. The van der Waals surface area contributed by atoms with Gasteiger partial charge in [-0.2, -0.15) is 4.98 Å². The van der Waals surface area contributed by atoms with Crippen LogP contribution < -0.4 is 5.63 Å². The Labute approximate surface area is 102 Å². The van der Waals surface area contributed by atoms with E-state index in [1.807, 2.05) is 13.0 Å². The third-order valence-electron chi connectivity index (χ3n) is 2.89. The normalized spacial score (nSPS) is 13.2. The van der Waals surface area contributed by atoms with Gasteiger partial charge in [0.15, 0.2) is 5.58 Å². The molecule has 0 saturated heterocycles. The van der Waals surface area contributed by atoms with Crippen LogP contribution in [0.5, 0.6) is 0 Å². The van der Waals surface area contributed by atoms with E-state index in [0.717, 1.165) is 0 Å². The lowest BCUT2D eigenvalue weighted by atomic mass is 10.2. The highest BCUT2D eigenvalue weighted by molar-refractivity contribution is 5.99. The molecule has 0 bridgehead atoms. The van der Waals surface area contributed by atoms with Crippen LogP contribution in [0.2, 0.25) is 0 Å². The van der Waals surface area contributed by atoms with Crippen molar-refractivity contribution in [1.29, 1.82) is 0 Å². The maximum absolute atomic E-state index is 11.8. The predicted octanol–water partition coefficient (Wildman–Crippen LogP) is 2.64. The van der Waals surface area contributed by atoms with Crippen LogP contribution in [0.25, 0.3) is 22.1 Å². The first-order chi connectivity index (χ1) is 8.70. The third kappa shape index (κ3) is 1.52. The SMILES string of the molecule is COC(C)c1nc2oc(=O)c3ccccc3c2o1. The predicted molar refractivity (Wildman–Crippen MR) is 65.5 cm³/mol.